The summed E-state index contributed by atoms with van der Waals surface area (Å²) in [6, 6.07) is 6.84. The molecule has 8 heteroatoms. The van der Waals surface area contributed by atoms with Crippen molar-refractivity contribution in [1.82, 2.24) is 10.3 Å². The zero-order chi connectivity index (χ0) is 18.9. The quantitative estimate of drug-likeness (QED) is 0.765. The highest BCUT2D eigenvalue weighted by Gasteiger charge is 2.24. The van der Waals surface area contributed by atoms with Gasteiger partial charge < -0.3 is 0 Å². The van der Waals surface area contributed by atoms with Gasteiger partial charge in [-0.05, 0) is 56.5 Å². The summed E-state index contributed by atoms with van der Waals surface area (Å²) in [5.41, 5.74) is 5.17. The van der Waals surface area contributed by atoms with Gasteiger partial charge in [0.1, 0.15) is 4.90 Å². The minimum atomic E-state index is -4.09. The number of hydrogen-bond acceptors (Lipinski definition) is 3. The van der Waals surface area contributed by atoms with Gasteiger partial charge in [-0.2, -0.15) is 0 Å². The van der Waals surface area contributed by atoms with Crippen molar-refractivity contribution >= 4 is 39.1 Å². The van der Waals surface area contributed by atoms with E-state index >= 15 is 0 Å². The maximum Gasteiger partial charge on any atom is 0.266 e. The second kappa shape index (κ2) is 7.33. The maximum absolute atomic E-state index is 12.6. The van der Waals surface area contributed by atoms with E-state index in [0.29, 0.717) is 16.7 Å². The number of carbonyl (C=O) groups excluding carboxylic acids is 1. The molecule has 1 amide bonds. The van der Waals surface area contributed by atoms with E-state index in [-0.39, 0.29) is 14.9 Å². The Morgan fingerprint density at radius 2 is 1.64 bits per heavy atom. The molecule has 0 radical (unpaired) electrons. The van der Waals surface area contributed by atoms with E-state index in [1.165, 1.54) is 0 Å². The van der Waals surface area contributed by atoms with E-state index in [9.17, 15) is 13.2 Å². The molecule has 2 aromatic carbocycles. The van der Waals surface area contributed by atoms with E-state index in [4.69, 9.17) is 23.2 Å². The van der Waals surface area contributed by atoms with Crippen LogP contribution in [0.5, 0.6) is 0 Å². The highest BCUT2D eigenvalue weighted by atomic mass is 35.5. The lowest BCUT2D eigenvalue weighted by Crippen LogP contribution is -2.42. The number of rotatable bonds is 4. The molecule has 25 heavy (non-hydrogen) atoms. The van der Waals surface area contributed by atoms with Crippen LogP contribution in [-0.2, 0) is 10.0 Å². The summed E-state index contributed by atoms with van der Waals surface area (Å²) < 4.78 is 25.2. The number of carbonyl (C=O) groups is 1. The molecule has 2 N–H and O–H groups in total. The molecular formula is C17H18Cl2N2O3S. The van der Waals surface area contributed by atoms with Gasteiger partial charge in [0.2, 0.25) is 0 Å². The summed E-state index contributed by atoms with van der Waals surface area (Å²) in [7, 11) is -4.09. The van der Waals surface area contributed by atoms with Gasteiger partial charge in [0.25, 0.3) is 15.9 Å². The predicted octanol–water partition coefficient (Wildman–Crippen LogP) is 3.85. The standard InChI is InChI=1S/C17H18Cl2N2O3S/c1-9-5-6-13(10(2)7-9)17(22)20-21-25(23,24)16-12(4)14(18)8-11(3)15(16)19/h5-8,21H,1-4H3,(H,20,22). The molecule has 0 unspecified atom stereocenters. The lowest BCUT2D eigenvalue weighted by Gasteiger charge is -2.15. The van der Waals surface area contributed by atoms with Crippen molar-refractivity contribution < 1.29 is 13.2 Å². The van der Waals surface area contributed by atoms with Gasteiger partial charge in [-0.25, -0.2) is 8.42 Å². The number of benzene rings is 2. The highest BCUT2D eigenvalue weighted by Crippen LogP contribution is 2.33. The van der Waals surface area contributed by atoms with Gasteiger partial charge in [-0.3, -0.25) is 10.2 Å². The Balaban J connectivity index is 2.30. The molecule has 0 bridgehead atoms. The largest absolute Gasteiger partial charge is 0.273 e. The van der Waals surface area contributed by atoms with E-state index in [2.05, 4.69) is 10.3 Å². The number of hydrazine groups is 1. The van der Waals surface area contributed by atoms with Gasteiger partial charge in [-0.1, -0.05) is 40.9 Å². The predicted molar refractivity (Wildman–Crippen MR) is 99.6 cm³/mol. The molecule has 0 aliphatic carbocycles. The summed E-state index contributed by atoms with van der Waals surface area (Å²) in [6.07, 6.45) is 0. The monoisotopic (exact) mass is 400 g/mol. The Morgan fingerprint density at radius 1 is 1.00 bits per heavy atom. The van der Waals surface area contributed by atoms with E-state index < -0.39 is 15.9 Å². The van der Waals surface area contributed by atoms with E-state index in [1.54, 1.807) is 39.0 Å². The van der Waals surface area contributed by atoms with Gasteiger partial charge in [0.15, 0.2) is 0 Å². The molecule has 0 saturated carbocycles. The molecule has 0 fully saturated rings. The minimum absolute atomic E-state index is 0.0650. The molecule has 0 saturated heterocycles. The Morgan fingerprint density at radius 3 is 2.24 bits per heavy atom. The van der Waals surface area contributed by atoms with Gasteiger partial charge in [0, 0.05) is 10.6 Å². The van der Waals surface area contributed by atoms with Crippen LogP contribution in [0.4, 0.5) is 0 Å². The normalized spacial score (nSPS) is 11.4. The van der Waals surface area contributed by atoms with E-state index in [1.807, 2.05) is 13.0 Å². The molecule has 0 heterocycles. The van der Waals surface area contributed by atoms with Gasteiger partial charge in [-0.15, -0.1) is 4.83 Å². The van der Waals surface area contributed by atoms with Crippen molar-refractivity contribution in [1.29, 1.82) is 0 Å². The molecule has 0 spiro atoms. The third-order valence-electron chi connectivity index (χ3n) is 3.78. The summed E-state index contributed by atoms with van der Waals surface area (Å²) in [6.45, 7) is 6.89. The van der Waals surface area contributed by atoms with Gasteiger partial charge >= 0.3 is 0 Å². The number of sulfonamides is 1. The van der Waals surface area contributed by atoms with E-state index in [0.717, 1.165) is 11.1 Å². The van der Waals surface area contributed by atoms with Crippen molar-refractivity contribution in [2.75, 3.05) is 0 Å². The van der Waals surface area contributed by atoms with Crippen LogP contribution in [0.2, 0.25) is 10.0 Å². The Kier molecular flexibility index (Phi) is 5.79. The fraction of sp³-hybridized carbons (Fsp3) is 0.235. The smallest absolute Gasteiger partial charge is 0.266 e. The van der Waals surface area contributed by atoms with Crippen LogP contribution in [0.3, 0.4) is 0 Å². The maximum atomic E-state index is 12.6. The van der Waals surface area contributed by atoms with Crippen LogP contribution < -0.4 is 10.3 Å². The number of aryl methyl sites for hydroxylation is 3. The Labute approximate surface area is 157 Å². The Hall–Kier alpha value is -1.60. The molecule has 0 atom stereocenters. The number of hydrogen-bond donors (Lipinski definition) is 2. The molecule has 0 aromatic heterocycles. The zero-order valence-electron chi connectivity index (χ0n) is 14.2. The molecule has 0 aliphatic heterocycles. The molecule has 2 aromatic rings. The fourth-order valence-electron chi connectivity index (χ4n) is 2.43. The Bertz CT molecular complexity index is 931. The van der Waals surface area contributed by atoms with Crippen molar-refractivity contribution in [3.05, 3.63) is 62.1 Å². The van der Waals surface area contributed by atoms with Crippen molar-refractivity contribution in [3.8, 4) is 0 Å². The summed E-state index contributed by atoms with van der Waals surface area (Å²) >= 11 is 12.2. The molecule has 0 aliphatic rings. The van der Waals surface area contributed by atoms with Gasteiger partial charge in [0.05, 0.1) is 5.02 Å². The zero-order valence-corrected chi connectivity index (χ0v) is 16.5. The lowest BCUT2D eigenvalue weighted by molar-refractivity contribution is 0.0944. The van der Waals surface area contributed by atoms with Crippen molar-refractivity contribution in [2.45, 2.75) is 32.6 Å². The van der Waals surface area contributed by atoms with Crippen LogP contribution in [0, 0.1) is 27.7 Å². The first-order valence-corrected chi connectivity index (χ1v) is 9.63. The molecule has 2 rings (SSSR count). The van der Waals surface area contributed by atoms with Crippen LogP contribution in [0.15, 0.2) is 29.2 Å². The van der Waals surface area contributed by atoms with Crippen LogP contribution in [0.1, 0.15) is 32.6 Å². The first-order valence-electron chi connectivity index (χ1n) is 7.39. The number of halogens is 2. The number of nitrogens with one attached hydrogen (secondary N) is 2. The third kappa shape index (κ3) is 4.15. The van der Waals surface area contributed by atoms with Crippen molar-refractivity contribution in [2.24, 2.45) is 0 Å². The summed E-state index contributed by atoms with van der Waals surface area (Å²) in [5.74, 6) is -0.561. The third-order valence-corrected chi connectivity index (χ3v) is 6.19. The average Bonchev–Trinajstić information content (AvgIpc) is 2.51. The lowest BCUT2D eigenvalue weighted by atomic mass is 10.1. The van der Waals surface area contributed by atoms with Crippen LogP contribution in [-0.4, -0.2) is 14.3 Å². The highest BCUT2D eigenvalue weighted by molar-refractivity contribution is 7.89. The number of amides is 1. The van der Waals surface area contributed by atoms with Crippen LogP contribution >= 0.6 is 23.2 Å². The second-order valence-corrected chi connectivity index (χ2v) is 8.23. The minimum Gasteiger partial charge on any atom is -0.273 e. The topological polar surface area (TPSA) is 75.3 Å². The summed E-state index contributed by atoms with van der Waals surface area (Å²) in [4.78, 5) is 14.2. The van der Waals surface area contributed by atoms with Crippen molar-refractivity contribution in [3.63, 3.8) is 0 Å². The second-order valence-electron chi connectivity index (χ2n) is 5.82. The molecular weight excluding hydrogens is 383 g/mol. The van der Waals surface area contributed by atoms with Crippen LogP contribution in [0.25, 0.3) is 0 Å². The first-order chi connectivity index (χ1) is 11.5. The average molecular weight is 401 g/mol. The molecule has 5 nitrogen and oxygen atoms in total. The molecule has 134 valence electrons. The first kappa shape index (κ1) is 19.7. The fourth-order valence-corrected chi connectivity index (χ4v) is 4.49. The SMILES string of the molecule is Cc1ccc(C(=O)NNS(=O)(=O)c2c(C)c(Cl)cc(C)c2Cl)c(C)c1. The summed E-state index contributed by atoms with van der Waals surface area (Å²) in [5, 5.41) is 0.346.